The maximum Gasteiger partial charge on any atom is 0.161 e. The first kappa shape index (κ1) is 12.6. The fraction of sp³-hybridized carbons (Fsp3) is 0.231. The zero-order chi connectivity index (χ0) is 13.4. The fourth-order valence-electron chi connectivity index (χ4n) is 1.86. The standard InChI is InChI=1S/C13H14ClN3O/c1-7-13(14)8(2)17(16-7)10-4-5-12(15)11(6-10)9(3)18/h4-6H,15H2,1-3H3. The third-order valence-corrected chi connectivity index (χ3v) is 3.41. The molecule has 0 aliphatic heterocycles. The Labute approximate surface area is 110 Å². The van der Waals surface area contributed by atoms with E-state index in [4.69, 9.17) is 17.3 Å². The van der Waals surface area contributed by atoms with Gasteiger partial charge in [0.2, 0.25) is 0 Å². The maximum atomic E-state index is 11.5. The monoisotopic (exact) mass is 263 g/mol. The highest BCUT2D eigenvalue weighted by Gasteiger charge is 2.13. The number of Topliss-reactive ketones (excluding diaryl/α,β-unsaturated/α-hetero) is 1. The third-order valence-electron chi connectivity index (χ3n) is 2.86. The van der Waals surface area contributed by atoms with Crippen molar-refractivity contribution in [2.24, 2.45) is 0 Å². The molecule has 5 heteroatoms. The van der Waals surface area contributed by atoms with Crippen LogP contribution in [0.1, 0.15) is 28.7 Å². The number of aromatic nitrogens is 2. The molecule has 2 rings (SSSR count). The van der Waals surface area contributed by atoms with Gasteiger partial charge < -0.3 is 5.73 Å². The molecule has 0 aliphatic carbocycles. The number of aryl methyl sites for hydroxylation is 1. The summed E-state index contributed by atoms with van der Waals surface area (Å²) in [5.41, 5.74) is 9.11. The van der Waals surface area contributed by atoms with Gasteiger partial charge in [0, 0.05) is 11.3 Å². The summed E-state index contributed by atoms with van der Waals surface area (Å²) >= 11 is 6.11. The van der Waals surface area contributed by atoms with Crippen LogP contribution in [0.5, 0.6) is 0 Å². The van der Waals surface area contributed by atoms with Crippen LogP contribution < -0.4 is 5.73 Å². The van der Waals surface area contributed by atoms with Crippen LogP contribution in [0, 0.1) is 13.8 Å². The summed E-state index contributed by atoms with van der Waals surface area (Å²) in [6.07, 6.45) is 0. The Hall–Kier alpha value is -1.81. The van der Waals surface area contributed by atoms with E-state index in [2.05, 4.69) is 5.10 Å². The molecular formula is C13H14ClN3O. The third kappa shape index (κ3) is 1.99. The lowest BCUT2D eigenvalue weighted by Crippen LogP contribution is -2.04. The van der Waals surface area contributed by atoms with Crippen LogP contribution in [0.3, 0.4) is 0 Å². The van der Waals surface area contributed by atoms with Crippen LogP contribution in [-0.4, -0.2) is 15.6 Å². The fourth-order valence-corrected chi connectivity index (χ4v) is 1.97. The SMILES string of the molecule is CC(=O)c1cc(-n2nc(C)c(Cl)c2C)ccc1N. The second kappa shape index (κ2) is 4.46. The van der Waals surface area contributed by atoms with E-state index in [0.717, 1.165) is 17.1 Å². The first-order valence-electron chi connectivity index (χ1n) is 5.54. The van der Waals surface area contributed by atoms with Crippen molar-refractivity contribution in [1.82, 2.24) is 9.78 Å². The molecule has 0 saturated carbocycles. The molecule has 0 radical (unpaired) electrons. The Morgan fingerprint density at radius 1 is 1.39 bits per heavy atom. The van der Waals surface area contributed by atoms with Crippen LogP contribution in [0.25, 0.3) is 5.69 Å². The number of hydrogen-bond donors (Lipinski definition) is 1. The van der Waals surface area contributed by atoms with Crippen LogP contribution in [0.4, 0.5) is 5.69 Å². The van der Waals surface area contributed by atoms with Crippen molar-refractivity contribution in [3.63, 3.8) is 0 Å². The van der Waals surface area contributed by atoms with Crippen molar-refractivity contribution >= 4 is 23.1 Å². The molecule has 0 unspecified atom stereocenters. The molecule has 4 nitrogen and oxygen atoms in total. The average Bonchev–Trinajstić information content (AvgIpc) is 2.57. The highest BCUT2D eigenvalue weighted by molar-refractivity contribution is 6.31. The molecule has 2 aromatic rings. The predicted molar refractivity (Wildman–Crippen MR) is 72.5 cm³/mol. The van der Waals surface area contributed by atoms with E-state index in [9.17, 15) is 4.79 Å². The Balaban J connectivity index is 2.61. The number of hydrogen-bond acceptors (Lipinski definition) is 3. The van der Waals surface area contributed by atoms with Gasteiger partial charge in [-0.3, -0.25) is 4.79 Å². The first-order valence-corrected chi connectivity index (χ1v) is 5.92. The van der Waals surface area contributed by atoms with Gasteiger partial charge in [0.1, 0.15) is 0 Å². The van der Waals surface area contributed by atoms with E-state index in [1.807, 2.05) is 19.9 Å². The zero-order valence-electron chi connectivity index (χ0n) is 10.5. The summed E-state index contributed by atoms with van der Waals surface area (Å²) in [4.78, 5) is 11.5. The summed E-state index contributed by atoms with van der Waals surface area (Å²) in [7, 11) is 0. The number of halogens is 1. The van der Waals surface area contributed by atoms with E-state index in [1.54, 1.807) is 16.8 Å². The smallest absolute Gasteiger partial charge is 0.161 e. The highest BCUT2D eigenvalue weighted by Crippen LogP contribution is 2.24. The van der Waals surface area contributed by atoms with E-state index in [0.29, 0.717) is 16.3 Å². The number of nitrogens with zero attached hydrogens (tertiary/aromatic N) is 2. The number of benzene rings is 1. The van der Waals surface area contributed by atoms with Crippen LogP contribution in [-0.2, 0) is 0 Å². The molecule has 1 aromatic heterocycles. The van der Waals surface area contributed by atoms with Gasteiger partial charge >= 0.3 is 0 Å². The van der Waals surface area contributed by atoms with E-state index in [-0.39, 0.29) is 5.78 Å². The molecule has 1 aromatic carbocycles. The largest absolute Gasteiger partial charge is 0.398 e. The molecule has 0 spiro atoms. The summed E-state index contributed by atoms with van der Waals surface area (Å²) in [6.45, 7) is 5.21. The number of anilines is 1. The minimum absolute atomic E-state index is 0.0676. The Bertz CT molecular complexity index is 631. The molecule has 0 fully saturated rings. The zero-order valence-corrected chi connectivity index (χ0v) is 11.2. The Morgan fingerprint density at radius 3 is 2.56 bits per heavy atom. The second-order valence-electron chi connectivity index (χ2n) is 4.22. The molecule has 2 N–H and O–H groups in total. The van der Waals surface area contributed by atoms with Gasteiger partial charge in [0.25, 0.3) is 0 Å². The van der Waals surface area contributed by atoms with Crippen LogP contribution >= 0.6 is 11.6 Å². The first-order chi connectivity index (χ1) is 8.41. The quantitative estimate of drug-likeness (QED) is 0.669. The van der Waals surface area contributed by atoms with Crippen molar-refractivity contribution in [1.29, 1.82) is 0 Å². The lowest BCUT2D eigenvalue weighted by Gasteiger charge is -2.08. The number of carbonyl (C=O) groups is 1. The van der Waals surface area contributed by atoms with Gasteiger partial charge in [0.15, 0.2) is 5.78 Å². The molecule has 0 amide bonds. The van der Waals surface area contributed by atoms with Crippen LogP contribution in [0.15, 0.2) is 18.2 Å². The van der Waals surface area contributed by atoms with Gasteiger partial charge in [-0.25, -0.2) is 4.68 Å². The minimum Gasteiger partial charge on any atom is -0.398 e. The molecule has 0 saturated heterocycles. The van der Waals surface area contributed by atoms with Crippen molar-refractivity contribution < 1.29 is 4.79 Å². The number of carbonyl (C=O) groups excluding carboxylic acids is 1. The van der Waals surface area contributed by atoms with Gasteiger partial charge in [-0.2, -0.15) is 5.10 Å². The number of nitrogens with two attached hydrogens (primary N) is 1. The topological polar surface area (TPSA) is 60.9 Å². The minimum atomic E-state index is -0.0676. The maximum absolute atomic E-state index is 11.5. The number of nitrogen functional groups attached to an aromatic ring is 1. The second-order valence-corrected chi connectivity index (χ2v) is 4.60. The molecule has 0 bridgehead atoms. The average molecular weight is 264 g/mol. The Morgan fingerprint density at radius 2 is 2.06 bits per heavy atom. The van der Waals surface area contributed by atoms with Crippen molar-refractivity contribution in [2.75, 3.05) is 5.73 Å². The molecule has 18 heavy (non-hydrogen) atoms. The lowest BCUT2D eigenvalue weighted by atomic mass is 10.1. The molecule has 0 aliphatic rings. The van der Waals surface area contributed by atoms with Gasteiger partial charge in [0.05, 0.1) is 22.1 Å². The summed E-state index contributed by atoms with van der Waals surface area (Å²) in [5.74, 6) is -0.0676. The summed E-state index contributed by atoms with van der Waals surface area (Å²) in [6, 6.07) is 5.25. The van der Waals surface area contributed by atoms with Crippen molar-refractivity contribution in [3.05, 3.63) is 40.2 Å². The van der Waals surface area contributed by atoms with E-state index < -0.39 is 0 Å². The molecule has 94 valence electrons. The predicted octanol–water partition coefficient (Wildman–Crippen LogP) is 2.93. The number of ketones is 1. The number of rotatable bonds is 2. The van der Waals surface area contributed by atoms with E-state index in [1.165, 1.54) is 6.92 Å². The van der Waals surface area contributed by atoms with Gasteiger partial charge in [-0.05, 0) is 39.0 Å². The Kier molecular flexibility index (Phi) is 3.13. The van der Waals surface area contributed by atoms with Gasteiger partial charge in [-0.1, -0.05) is 11.6 Å². The van der Waals surface area contributed by atoms with Gasteiger partial charge in [-0.15, -0.1) is 0 Å². The summed E-state index contributed by atoms with van der Waals surface area (Å²) in [5, 5.41) is 4.98. The van der Waals surface area contributed by atoms with Crippen molar-refractivity contribution in [2.45, 2.75) is 20.8 Å². The molecule has 0 atom stereocenters. The summed E-state index contributed by atoms with van der Waals surface area (Å²) < 4.78 is 1.71. The highest BCUT2D eigenvalue weighted by atomic mass is 35.5. The van der Waals surface area contributed by atoms with Crippen LogP contribution in [0.2, 0.25) is 5.02 Å². The molecular weight excluding hydrogens is 250 g/mol. The lowest BCUT2D eigenvalue weighted by molar-refractivity contribution is 0.101. The van der Waals surface area contributed by atoms with Crippen molar-refractivity contribution in [3.8, 4) is 5.69 Å². The normalized spacial score (nSPS) is 10.7. The van der Waals surface area contributed by atoms with E-state index >= 15 is 0 Å². The molecule has 1 heterocycles.